The molecule has 1 saturated carbocycles. The van der Waals surface area contributed by atoms with Crippen LogP contribution >= 0.6 is 0 Å². The number of carbonyl (C=O) groups is 4. The first-order valence-corrected chi connectivity index (χ1v) is 9.44. The van der Waals surface area contributed by atoms with Crippen LogP contribution in [0.4, 0.5) is 14.5 Å². The molecule has 0 unspecified atom stereocenters. The van der Waals surface area contributed by atoms with E-state index in [9.17, 15) is 28.0 Å². The standard InChI is InChI=1S/C19H18F2N2O7/c20-19(21)29-13-6-5-10(7-14(13)30-19)22-15(24)9-28-16(25)8-23-17(26)11-3-1-2-4-12(11)18(23)27/h5-7,11-12H,1-4,8-9H2,(H,22,24)/t11-,12-/m0/s1. The van der Waals surface area contributed by atoms with Gasteiger partial charge < -0.3 is 19.5 Å². The maximum atomic E-state index is 13.0. The minimum atomic E-state index is -3.78. The summed E-state index contributed by atoms with van der Waals surface area (Å²) in [6.07, 6.45) is -0.774. The molecule has 1 aromatic rings. The maximum Gasteiger partial charge on any atom is 0.586 e. The van der Waals surface area contributed by atoms with E-state index in [4.69, 9.17) is 4.74 Å². The largest absolute Gasteiger partial charge is 0.586 e. The minimum absolute atomic E-state index is 0.130. The number of alkyl halides is 2. The van der Waals surface area contributed by atoms with Gasteiger partial charge >= 0.3 is 12.3 Å². The molecule has 2 aliphatic heterocycles. The number of ether oxygens (including phenoxy) is 3. The summed E-state index contributed by atoms with van der Waals surface area (Å²) in [5, 5.41) is 2.36. The van der Waals surface area contributed by atoms with Crippen molar-refractivity contribution in [3.63, 3.8) is 0 Å². The molecule has 2 fully saturated rings. The quantitative estimate of drug-likeness (QED) is 0.565. The van der Waals surface area contributed by atoms with Crippen LogP contribution in [0.25, 0.3) is 0 Å². The van der Waals surface area contributed by atoms with E-state index in [1.54, 1.807) is 0 Å². The first-order valence-electron chi connectivity index (χ1n) is 9.44. The van der Waals surface area contributed by atoms with Gasteiger partial charge in [-0.2, -0.15) is 0 Å². The smallest absolute Gasteiger partial charge is 0.454 e. The number of esters is 1. The van der Waals surface area contributed by atoms with Crippen molar-refractivity contribution in [3.05, 3.63) is 18.2 Å². The predicted molar refractivity (Wildman–Crippen MR) is 94.4 cm³/mol. The van der Waals surface area contributed by atoms with Gasteiger partial charge in [0.2, 0.25) is 11.8 Å². The van der Waals surface area contributed by atoms with E-state index >= 15 is 0 Å². The molecule has 2 heterocycles. The van der Waals surface area contributed by atoms with Crippen LogP contribution in [0, 0.1) is 11.8 Å². The molecular weight excluding hydrogens is 406 g/mol. The molecule has 1 saturated heterocycles. The molecule has 1 aliphatic carbocycles. The SMILES string of the molecule is O=C(COC(=O)CN1C(=O)[C@H]2CCCC[C@@H]2C1=O)Nc1ccc2c(c1)OC(F)(F)O2. The normalized spacial score (nSPS) is 23.9. The Bertz CT molecular complexity index is 896. The Labute approximate surface area is 169 Å². The highest BCUT2D eigenvalue weighted by Gasteiger charge is 2.48. The average molecular weight is 424 g/mol. The highest BCUT2D eigenvalue weighted by Crippen LogP contribution is 2.42. The van der Waals surface area contributed by atoms with Crippen molar-refractivity contribution in [1.82, 2.24) is 4.90 Å². The van der Waals surface area contributed by atoms with Crippen LogP contribution in [-0.2, 0) is 23.9 Å². The number of carbonyl (C=O) groups excluding carboxylic acids is 4. The number of hydrogen-bond donors (Lipinski definition) is 1. The topological polar surface area (TPSA) is 111 Å². The van der Waals surface area contributed by atoms with E-state index < -0.39 is 31.3 Å². The third kappa shape index (κ3) is 3.91. The van der Waals surface area contributed by atoms with Crippen LogP contribution in [0.1, 0.15) is 25.7 Å². The van der Waals surface area contributed by atoms with Gasteiger partial charge in [0, 0.05) is 11.8 Å². The monoisotopic (exact) mass is 424 g/mol. The molecule has 3 aliphatic rings. The van der Waals surface area contributed by atoms with E-state index in [2.05, 4.69) is 14.8 Å². The van der Waals surface area contributed by atoms with E-state index in [-0.39, 0.29) is 40.8 Å². The number of hydrogen-bond acceptors (Lipinski definition) is 7. The molecule has 0 bridgehead atoms. The molecule has 9 nitrogen and oxygen atoms in total. The van der Waals surface area contributed by atoms with Crippen LogP contribution in [0.15, 0.2) is 18.2 Å². The Morgan fingerprint density at radius 2 is 1.73 bits per heavy atom. The van der Waals surface area contributed by atoms with Gasteiger partial charge in [-0.3, -0.25) is 24.1 Å². The van der Waals surface area contributed by atoms with Crippen LogP contribution < -0.4 is 14.8 Å². The number of nitrogens with one attached hydrogen (secondary N) is 1. The summed E-state index contributed by atoms with van der Waals surface area (Å²) in [6.45, 7) is -1.22. The van der Waals surface area contributed by atoms with Crippen molar-refractivity contribution in [2.45, 2.75) is 32.0 Å². The summed E-state index contributed by atoms with van der Waals surface area (Å²) in [6, 6.07) is 3.65. The predicted octanol–water partition coefficient (Wildman–Crippen LogP) is 1.66. The molecule has 0 spiro atoms. The Hall–Kier alpha value is -3.24. The lowest BCUT2D eigenvalue weighted by molar-refractivity contribution is -0.286. The van der Waals surface area contributed by atoms with Gasteiger partial charge in [0.1, 0.15) is 6.54 Å². The Morgan fingerprint density at radius 1 is 1.10 bits per heavy atom. The third-order valence-electron chi connectivity index (χ3n) is 5.27. The lowest BCUT2D eigenvalue weighted by Gasteiger charge is -2.19. The van der Waals surface area contributed by atoms with E-state index in [1.165, 1.54) is 12.1 Å². The summed E-state index contributed by atoms with van der Waals surface area (Å²) >= 11 is 0. The Kier molecular flexibility index (Phi) is 5.04. The molecule has 160 valence electrons. The van der Waals surface area contributed by atoms with Crippen molar-refractivity contribution in [3.8, 4) is 11.5 Å². The Morgan fingerprint density at radius 3 is 2.40 bits per heavy atom. The van der Waals surface area contributed by atoms with Crippen molar-refractivity contribution in [1.29, 1.82) is 0 Å². The average Bonchev–Trinajstić information content (AvgIpc) is 3.13. The maximum absolute atomic E-state index is 13.0. The van der Waals surface area contributed by atoms with Gasteiger partial charge in [0.05, 0.1) is 11.8 Å². The number of benzene rings is 1. The zero-order valence-corrected chi connectivity index (χ0v) is 15.7. The summed E-state index contributed by atoms with van der Waals surface area (Å²) < 4.78 is 39.4. The van der Waals surface area contributed by atoms with Gasteiger partial charge in [0.25, 0.3) is 5.91 Å². The van der Waals surface area contributed by atoms with Gasteiger partial charge in [-0.1, -0.05) is 12.8 Å². The van der Waals surface area contributed by atoms with Gasteiger partial charge in [-0.25, -0.2) is 0 Å². The van der Waals surface area contributed by atoms with Crippen molar-refractivity contribution in [2.24, 2.45) is 11.8 Å². The molecule has 2 atom stereocenters. The number of nitrogens with zero attached hydrogens (tertiary/aromatic N) is 1. The second-order valence-corrected chi connectivity index (χ2v) is 7.30. The highest BCUT2D eigenvalue weighted by molar-refractivity contribution is 6.07. The molecule has 0 aromatic heterocycles. The molecule has 11 heteroatoms. The second-order valence-electron chi connectivity index (χ2n) is 7.30. The zero-order valence-electron chi connectivity index (χ0n) is 15.7. The van der Waals surface area contributed by atoms with E-state index in [0.29, 0.717) is 12.8 Å². The van der Waals surface area contributed by atoms with Crippen molar-refractivity contribution in [2.75, 3.05) is 18.5 Å². The number of fused-ring (bicyclic) bond motifs is 2. The summed E-state index contributed by atoms with van der Waals surface area (Å²) in [4.78, 5) is 49.6. The molecule has 1 aromatic carbocycles. The molecule has 4 rings (SSSR count). The second kappa shape index (κ2) is 7.54. The fraction of sp³-hybridized carbons (Fsp3) is 0.474. The van der Waals surface area contributed by atoms with Gasteiger partial charge in [0.15, 0.2) is 18.1 Å². The molecular formula is C19H18F2N2O7. The lowest BCUT2D eigenvalue weighted by Crippen LogP contribution is -2.37. The summed E-state index contributed by atoms with van der Waals surface area (Å²) in [5.41, 5.74) is 0.130. The number of amides is 3. The lowest BCUT2D eigenvalue weighted by atomic mass is 9.81. The third-order valence-corrected chi connectivity index (χ3v) is 5.27. The number of halogens is 2. The molecule has 3 amide bonds. The first kappa shape index (κ1) is 20.0. The number of likely N-dealkylation sites (tertiary alicyclic amines) is 1. The molecule has 0 radical (unpaired) electrons. The summed E-state index contributed by atoms with van der Waals surface area (Å²) in [5.74, 6) is -3.54. The number of imide groups is 1. The van der Waals surface area contributed by atoms with Crippen molar-refractivity contribution >= 4 is 29.4 Å². The molecule has 1 N–H and O–H groups in total. The zero-order chi connectivity index (χ0) is 21.5. The first-order chi connectivity index (χ1) is 14.2. The summed E-state index contributed by atoms with van der Waals surface area (Å²) in [7, 11) is 0. The van der Waals surface area contributed by atoms with Gasteiger partial charge in [-0.15, -0.1) is 8.78 Å². The van der Waals surface area contributed by atoms with Crippen LogP contribution in [0.3, 0.4) is 0 Å². The van der Waals surface area contributed by atoms with Gasteiger partial charge in [-0.05, 0) is 25.0 Å². The van der Waals surface area contributed by atoms with Crippen LogP contribution in [0.5, 0.6) is 11.5 Å². The number of rotatable bonds is 5. The van der Waals surface area contributed by atoms with E-state index in [0.717, 1.165) is 23.8 Å². The highest BCUT2D eigenvalue weighted by atomic mass is 19.3. The van der Waals surface area contributed by atoms with Crippen LogP contribution in [0.2, 0.25) is 0 Å². The van der Waals surface area contributed by atoms with Crippen molar-refractivity contribution < 1.29 is 42.2 Å². The fourth-order valence-corrected chi connectivity index (χ4v) is 3.93. The molecule has 30 heavy (non-hydrogen) atoms. The van der Waals surface area contributed by atoms with E-state index in [1.807, 2.05) is 0 Å². The van der Waals surface area contributed by atoms with Crippen LogP contribution in [-0.4, -0.2) is 48.0 Å². The minimum Gasteiger partial charge on any atom is -0.454 e. The Balaban J connectivity index is 1.27. The number of anilines is 1. The fourth-order valence-electron chi connectivity index (χ4n) is 3.93.